The van der Waals surface area contributed by atoms with Gasteiger partial charge in [-0.2, -0.15) is 0 Å². The van der Waals surface area contributed by atoms with Crippen LogP contribution in [0.25, 0.3) is 0 Å². The molecule has 0 aromatic carbocycles. The first-order valence-electron chi connectivity index (χ1n) is 6.77. The van der Waals surface area contributed by atoms with Crippen LogP contribution in [-0.4, -0.2) is 35.0 Å². The SMILES string of the molecule is CNc1c([N+](=O)[O-])ncc(Oc2ccnc(NC(C)=O)c2)c1OC. The fourth-order valence-corrected chi connectivity index (χ4v) is 1.96. The van der Waals surface area contributed by atoms with E-state index in [2.05, 4.69) is 20.6 Å². The molecule has 2 N–H and O–H groups in total. The van der Waals surface area contributed by atoms with Crippen molar-refractivity contribution >= 4 is 23.2 Å². The van der Waals surface area contributed by atoms with Gasteiger partial charge in [-0.15, -0.1) is 0 Å². The van der Waals surface area contributed by atoms with Crippen LogP contribution in [0.5, 0.6) is 17.2 Å². The first kappa shape index (κ1) is 16.9. The van der Waals surface area contributed by atoms with Crippen LogP contribution >= 0.6 is 0 Å². The van der Waals surface area contributed by atoms with Crippen molar-refractivity contribution in [2.24, 2.45) is 0 Å². The molecule has 0 aliphatic rings. The number of aromatic nitrogens is 2. The molecule has 2 rings (SSSR count). The lowest BCUT2D eigenvalue weighted by molar-refractivity contribution is -0.388. The Morgan fingerprint density at radius 1 is 1.38 bits per heavy atom. The maximum atomic E-state index is 11.1. The second kappa shape index (κ2) is 7.22. The van der Waals surface area contributed by atoms with E-state index in [9.17, 15) is 14.9 Å². The number of carbonyl (C=O) groups excluding carboxylic acids is 1. The Morgan fingerprint density at radius 3 is 2.71 bits per heavy atom. The Bertz CT molecular complexity index is 780. The van der Waals surface area contributed by atoms with E-state index in [1.54, 1.807) is 6.07 Å². The van der Waals surface area contributed by atoms with Gasteiger partial charge in [0.05, 0.1) is 7.11 Å². The minimum atomic E-state index is -0.626. The number of methoxy groups -OCH3 is 1. The molecule has 24 heavy (non-hydrogen) atoms. The van der Waals surface area contributed by atoms with Gasteiger partial charge >= 0.3 is 5.82 Å². The smallest absolute Gasteiger partial charge is 0.391 e. The summed E-state index contributed by atoms with van der Waals surface area (Å²) in [6.07, 6.45) is 2.64. The summed E-state index contributed by atoms with van der Waals surface area (Å²) < 4.78 is 10.9. The summed E-state index contributed by atoms with van der Waals surface area (Å²) in [5.74, 6) is 0.319. The van der Waals surface area contributed by atoms with E-state index in [4.69, 9.17) is 9.47 Å². The summed E-state index contributed by atoms with van der Waals surface area (Å²) in [6.45, 7) is 1.36. The normalized spacial score (nSPS) is 9.96. The second-order valence-corrected chi connectivity index (χ2v) is 4.52. The Labute approximate surface area is 137 Å². The van der Waals surface area contributed by atoms with Gasteiger partial charge in [0.15, 0.2) is 17.6 Å². The number of pyridine rings is 2. The van der Waals surface area contributed by atoms with Gasteiger partial charge in [-0.25, -0.2) is 4.98 Å². The van der Waals surface area contributed by atoms with Crippen molar-refractivity contribution < 1.29 is 19.2 Å². The molecule has 0 aliphatic carbocycles. The van der Waals surface area contributed by atoms with Crippen molar-refractivity contribution in [3.05, 3.63) is 34.6 Å². The zero-order valence-corrected chi connectivity index (χ0v) is 13.2. The monoisotopic (exact) mass is 333 g/mol. The molecule has 0 spiro atoms. The number of ether oxygens (including phenoxy) is 2. The average Bonchev–Trinajstić information content (AvgIpc) is 2.53. The average molecular weight is 333 g/mol. The molecule has 10 nitrogen and oxygen atoms in total. The van der Waals surface area contributed by atoms with E-state index in [0.717, 1.165) is 0 Å². The molecule has 0 bridgehead atoms. The molecule has 0 fully saturated rings. The quantitative estimate of drug-likeness (QED) is 0.608. The predicted octanol–water partition coefficient (Wildman–Crippen LogP) is 2.19. The molecule has 0 atom stereocenters. The zero-order chi connectivity index (χ0) is 17.7. The van der Waals surface area contributed by atoms with Gasteiger partial charge < -0.3 is 30.2 Å². The lowest BCUT2D eigenvalue weighted by atomic mass is 10.3. The predicted molar refractivity (Wildman–Crippen MR) is 85.6 cm³/mol. The lowest BCUT2D eigenvalue weighted by Crippen LogP contribution is -2.07. The molecule has 10 heteroatoms. The van der Waals surface area contributed by atoms with Crippen molar-refractivity contribution in [2.45, 2.75) is 6.92 Å². The van der Waals surface area contributed by atoms with Crippen LogP contribution in [0.1, 0.15) is 6.92 Å². The first-order chi connectivity index (χ1) is 11.5. The number of amides is 1. The number of hydrogen-bond donors (Lipinski definition) is 2. The molecule has 2 aromatic rings. The summed E-state index contributed by atoms with van der Waals surface area (Å²) >= 11 is 0. The van der Waals surface area contributed by atoms with Gasteiger partial charge in [-0.1, -0.05) is 0 Å². The van der Waals surface area contributed by atoms with E-state index >= 15 is 0 Å². The minimum Gasteiger partial charge on any atom is -0.491 e. The van der Waals surface area contributed by atoms with E-state index in [1.807, 2.05) is 0 Å². The van der Waals surface area contributed by atoms with Crippen molar-refractivity contribution in [2.75, 3.05) is 24.8 Å². The van der Waals surface area contributed by atoms with E-state index < -0.39 is 4.92 Å². The summed E-state index contributed by atoms with van der Waals surface area (Å²) in [7, 11) is 2.87. The summed E-state index contributed by atoms with van der Waals surface area (Å²) in [4.78, 5) is 29.2. The van der Waals surface area contributed by atoms with Crippen molar-refractivity contribution in [3.8, 4) is 17.2 Å². The fourth-order valence-electron chi connectivity index (χ4n) is 1.96. The third-order valence-corrected chi connectivity index (χ3v) is 2.87. The lowest BCUT2D eigenvalue weighted by Gasteiger charge is -2.13. The van der Waals surface area contributed by atoms with Gasteiger partial charge in [0.25, 0.3) is 0 Å². The van der Waals surface area contributed by atoms with Crippen molar-refractivity contribution in [1.82, 2.24) is 9.97 Å². The summed E-state index contributed by atoms with van der Waals surface area (Å²) in [5.41, 5.74) is 0.0936. The highest BCUT2D eigenvalue weighted by Gasteiger charge is 2.24. The van der Waals surface area contributed by atoms with Crippen LogP contribution in [0, 0.1) is 10.1 Å². The third kappa shape index (κ3) is 3.66. The Morgan fingerprint density at radius 2 is 2.12 bits per heavy atom. The molecule has 0 aliphatic heterocycles. The van der Waals surface area contributed by atoms with Crippen LogP contribution in [0.2, 0.25) is 0 Å². The number of carbonyl (C=O) groups is 1. The van der Waals surface area contributed by atoms with Crippen LogP contribution in [-0.2, 0) is 4.79 Å². The molecule has 0 radical (unpaired) electrons. The van der Waals surface area contributed by atoms with E-state index in [1.165, 1.54) is 39.5 Å². The second-order valence-electron chi connectivity index (χ2n) is 4.52. The Kier molecular flexibility index (Phi) is 5.09. The molecule has 0 saturated carbocycles. The Hall–Kier alpha value is -3.43. The summed E-state index contributed by atoms with van der Waals surface area (Å²) in [6, 6.07) is 3.06. The first-order valence-corrected chi connectivity index (χ1v) is 6.77. The van der Waals surface area contributed by atoms with Gasteiger partial charge in [0, 0.05) is 26.2 Å². The molecule has 2 aromatic heterocycles. The van der Waals surface area contributed by atoms with Gasteiger partial charge in [-0.3, -0.25) is 4.79 Å². The molecule has 0 unspecified atom stereocenters. The van der Waals surface area contributed by atoms with Crippen molar-refractivity contribution in [1.29, 1.82) is 0 Å². The highest BCUT2D eigenvalue weighted by molar-refractivity contribution is 5.87. The van der Waals surface area contributed by atoms with Crippen LogP contribution in [0.4, 0.5) is 17.3 Å². The molecule has 1 amide bonds. The number of nitrogens with zero attached hydrogens (tertiary/aromatic N) is 3. The van der Waals surface area contributed by atoms with Gasteiger partial charge in [0.1, 0.15) is 11.6 Å². The number of hydrogen-bond acceptors (Lipinski definition) is 8. The molecular formula is C14H15N5O5. The van der Waals surface area contributed by atoms with Crippen LogP contribution < -0.4 is 20.1 Å². The maximum Gasteiger partial charge on any atom is 0.391 e. The zero-order valence-electron chi connectivity index (χ0n) is 13.2. The molecular weight excluding hydrogens is 318 g/mol. The molecule has 0 saturated heterocycles. The highest BCUT2D eigenvalue weighted by Crippen LogP contribution is 2.41. The van der Waals surface area contributed by atoms with Crippen LogP contribution in [0.15, 0.2) is 24.5 Å². The highest BCUT2D eigenvalue weighted by atomic mass is 16.6. The standard InChI is InChI=1S/C14H15N5O5/c1-8(20)18-11-6-9(4-5-16-11)24-10-7-17-14(19(21)22)12(15-2)13(10)23-3/h4-7,15H,1-3H3,(H,16,18,20). The molecule has 126 valence electrons. The topological polar surface area (TPSA) is 129 Å². The van der Waals surface area contributed by atoms with Gasteiger partial charge in [0.2, 0.25) is 11.7 Å². The van der Waals surface area contributed by atoms with E-state index in [-0.39, 0.29) is 28.9 Å². The minimum absolute atomic E-state index is 0.0936. The van der Waals surface area contributed by atoms with Crippen molar-refractivity contribution in [3.63, 3.8) is 0 Å². The van der Waals surface area contributed by atoms with E-state index in [0.29, 0.717) is 11.6 Å². The number of nitrogens with one attached hydrogen (secondary N) is 2. The maximum absolute atomic E-state index is 11.1. The number of nitro groups is 1. The third-order valence-electron chi connectivity index (χ3n) is 2.87. The van der Waals surface area contributed by atoms with Crippen LogP contribution in [0.3, 0.4) is 0 Å². The largest absolute Gasteiger partial charge is 0.491 e. The number of anilines is 2. The Balaban J connectivity index is 2.39. The summed E-state index contributed by atoms with van der Waals surface area (Å²) in [5, 5.41) is 16.2. The number of rotatable bonds is 6. The van der Waals surface area contributed by atoms with Gasteiger partial charge in [-0.05, 0) is 16.0 Å². The fraction of sp³-hybridized carbons (Fsp3) is 0.214. The molecule has 2 heterocycles.